The van der Waals surface area contributed by atoms with Crippen LogP contribution in [0.25, 0.3) is 20.4 Å². The van der Waals surface area contributed by atoms with Crippen LogP contribution in [0, 0.1) is 0 Å². The van der Waals surface area contributed by atoms with Gasteiger partial charge in [-0.3, -0.25) is 0 Å². The van der Waals surface area contributed by atoms with Crippen LogP contribution < -0.4 is 0 Å². The number of thiophene rings is 2. The summed E-state index contributed by atoms with van der Waals surface area (Å²) >= 11 is 8.79. The maximum Gasteiger partial charge on any atom is 0.354 e. The molecule has 0 aliphatic carbocycles. The Morgan fingerprint density at radius 1 is 0.964 bits per heavy atom. The molecular formula is C19H21ClN2O4S2. The molecule has 150 valence electrons. The van der Waals surface area contributed by atoms with Gasteiger partial charge in [-0.1, -0.05) is 19.0 Å². The summed E-state index contributed by atoms with van der Waals surface area (Å²) < 4.78 is 10.4. The molecule has 9 heteroatoms. The lowest BCUT2D eigenvalue weighted by molar-refractivity contribution is 0.0511. The Bertz CT molecular complexity index is 1020. The predicted molar refractivity (Wildman–Crippen MR) is 116 cm³/mol. The third kappa shape index (κ3) is 4.95. The molecular weight excluding hydrogens is 420 g/mol. The number of aromatic amines is 2. The second-order valence-electron chi connectivity index (χ2n) is 5.35. The van der Waals surface area contributed by atoms with Crippen molar-refractivity contribution >= 4 is 66.6 Å². The second-order valence-corrected chi connectivity index (χ2v) is 7.95. The molecule has 4 aromatic heterocycles. The van der Waals surface area contributed by atoms with E-state index in [1.54, 1.807) is 31.3 Å². The Balaban J connectivity index is 0.000000194. The third-order valence-corrected chi connectivity index (χ3v) is 5.55. The predicted octanol–water partition coefficient (Wildman–Crippen LogP) is 6.10. The number of halogens is 1. The molecule has 2 N–H and O–H groups in total. The van der Waals surface area contributed by atoms with E-state index in [1.807, 2.05) is 23.6 Å². The molecule has 0 aromatic carbocycles. The van der Waals surface area contributed by atoms with Gasteiger partial charge in [0, 0.05) is 10.8 Å². The Morgan fingerprint density at radius 2 is 1.54 bits per heavy atom. The Labute approximate surface area is 175 Å². The molecule has 4 heterocycles. The molecule has 0 unspecified atom stereocenters. The number of ether oxygens (including phenoxy) is 2. The molecule has 4 aromatic rings. The number of carbonyl (C=O) groups is 2. The van der Waals surface area contributed by atoms with E-state index in [2.05, 4.69) is 9.97 Å². The summed E-state index contributed by atoms with van der Waals surface area (Å²) in [6, 6.07) is 7.35. The average molecular weight is 441 g/mol. The van der Waals surface area contributed by atoms with Gasteiger partial charge < -0.3 is 19.4 Å². The molecule has 6 nitrogen and oxygen atoms in total. The first-order valence-corrected chi connectivity index (χ1v) is 10.3. The van der Waals surface area contributed by atoms with Crippen LogP contribution in [0.2, 0.25) is 4.34 Å². The van der Waals surface area contributed by atoms with Crippen molar-refractivity contribution in [3.8, 4) is 0 Å². The molecule has 0 spiro atoms. The summed E-state index contributed by atoms with van der Waals surface area (Å²) in [4.78, 5) is 30.5. The number of nitrogens with one attached hydrogen (secondary N) is 2. The summed E-state index contributed by atoms with van der Waals surface area (Å²) in [6.45, 7) is 4.36. The molecule has 0 aliphatic heterocycles. The van der Waals surface area contributed by atoms with Gasteiger partial charge >= 0.3 is 11.9 Å². The quantitative estimate of drug-likeness (QED) is 0.375. The lowest BCUT2D eigenvalue weighted by Gasteiger charge is -1.96. The van der Waals surface area contributed by atoms with Gasteiger partial charge in [-0.05, 0) is 43.5 Å². The zero-order valence-corrected chi connectivity index (χ0v) is 17.0. The largest absolute Gasteiger partial charge is 0.461 e. The molecule has 28 heavy (non-hydrogen) atoms. The maximum atomic E-state index is 11.3. The van der Waals surface area contributed by atoms with Crippen LogP contribution in [0.3, 0.4) is 0 Å². The summed E-state index contributed by atoms with van der Waals surface area (Å²) in [7, 11) is 0. The minimum absolute atomic E-state index is 0. The second kappa shape index (κ2) is 9.77. The molecule has 0 atom stereocenters. The third-order valence-electron chi connectivity index (χ3n) is 3.51. The van der Waals surface area contributed by atoms with Crippen molar-refractivity contribution in [2.75, 3.05) is 13.2 Å². The fraction of sp³-hybridized carbons (Fsp3) is 0.263. The van der Waals surface area contributed by atoms with Crippen molar-refractivity contribution < 1.29 is 19.1 Å². The van der Waals surface area contributed by atoms with Gasteiger partial charge in [0.05, 0.1) is 17.6 Å². The van der Waals surface area contributed by atoms with Crippen molar-refractivity contribution in [3.05, 3.63) is 45.4 Å². The van der Waals surface area contributed by atoms with E-state index >= 15 is 0 Å². The van der Waals surface area contributed by atoms with Gasteiger partial charge in [-0.25, -0.2) is 9.59 Å². The zero-order valence-electron chi connectivity index (χ0n) is 14.6. The first kappa shape index (κ1) is 22.0. The van der Waals surface area contributed by atoms with Crippen LogP contribution in [0.5, 0.6) is 0 Å². The van der Waals surface area contributed by atoms with E-state index in [-0.39, 0.29) is 19.4 Å². The fourth-order valence-corrected chi connectivity index (χ4v) is 4.29. The Hall–Kier alpha value is -2.29. The summed E-state index contributed by atoms with van der Waals surface area (Å²) in [5.41, 5.74) is 1.01. The number of H-pyrrole nitrogens is 2. The van der Waals surface area contributed by atoms with Crippen LogP contribution >= 0.6 is 34.3 Å². The van der Waals surface area contributed by atoms with E-state index < -0.39 is 0 Å². The minimum atomic E-state index is -0.327. The van der Waals surface area contributed by atoms with Crippen molar-refractivity contribution in [2.45, 2.75) is 21.3 Å². The molecule has 0 saturated heterocycles. The van der Waals surface area contributed by atoms with Gasteiger partial charge in [0.2, 0.25) is 0 Å². The fourth-order valence-electron chi connectivity index (χ4n) is 2.38. The highest BCUT2D eigenvalue weighted by atomic mass is 35.5. The number of rotatable bonds is 4. The van der Waals surface area contributed by atoms with Crippen molar-refractivity contribution in [1.82, 2.24) is 9.97 Å². The van der Waals surface area contributed by atoms with Gasteiger partial charge in [-0.15, -0.1) is 22.7 Å². The molecule has 0 saturated carbocycles. The van der Waals surface area contributed by atoms with Crippen LogP contribution in [0.15, 0.2) is 29.6 Å². The first-order valence-electron chi connectivity index (χ1n) is 8.20. The molecule has 0 aliphatic rings. The van der Waals surface area contributed by atoms with E-state index in [0.717, 1.165) is 20.4 Å². The van der Waals surface area contributed by atoms with Crippen LogP contribution in [0.4, 0.5) is 0 Å². The topological polar surface area (TPSA) is 84.2 Å². The van der Waals surface area contributed by atoms with E-state index in [0.29, 0.717) is 28.9 Å². The van der Waals surface area contributed by atoms with Crippen molar-refractivity contribution in [1.29, 1.82) is 0 Å². The number of hydrogen-bond acceptors (Lipinski definition) is 6. The highest BCUT2D eigenvalue weighted by Gasteiger charge is 2.12. The maximum absolute atomic E-state index is 11.3. The number of hydrogen-bond donors (Lipinski definition) is 2. The average Bonchev–Trinajstić information content (AvgIpc) is 3.34. The van der Waals surface area contributed by atoms with Crippen LogP contribution in [-0.2, 0) is 9.47 Å². The van der Waals surface area contributed by atoms with Gasteiger partial charge in [-0.2, -0.15) is 0 Å². The Kier molecular flexibility index (Phi) is 7.68. The van der Waals surface area contributed by atoms with E-state index in [4.69, 9.17) is 21.1 Å². The Morgan fingerprint density at radius 3 is 2.07 bits per heavy atom. The highest BCUT2D eigenvalue weighted by molar-refractivity contribution is 7.22. The molecule has 0 fully saturated rings. The molecule has 0 bridgehead atoms. The molecule has 4 rings (SSSR count). The summed E-state index contributed by atoms with van der Waals surface area (Å²) in [6.07, 6.45) is 0. The van der Waals surface area contributed by atoms with Crippen molar-refractivity contribution in [2.24, 2.45) is 0 Å². The summed E-state index contributed by atoms with van der Waals surface area (Å²) in [5, 5.41) is 3.99. The normalized spacial score (nSPS) is 10.2. The standard InChI is InChI=1S/C9H8ClNO2S.C9H9NO2S.CH4/c1-2-13-9(12)6-3-5-4-7(10)14-8(5)11-6;1-2-12-9(11)7-5-6-3-4-13-8(6)10-7;/h3-4,11H,2H2,1H3;3-5,10H,2H2,1H3;1H4. The lowest BCUT2D eigenvalue weighted by atomic mass is 10.3. The SMILES string of the molecule is C.CCOC(=O)c1cc2cc(Cl)sc2[nH]1.CCOC(=O)c1cc2ccsc2[nH]1. The van der Waals surface area contributed by atoms with Gasteiger partial charge in [0.1, 0.15) is 21.0 Å². The molecule has 0 radical (unpaired) electrons. The smallest absolute Gasteiger partial charge is 0.354 e. The number of aromatic nitrogens is 2. The van der Waals surface area contributed by atoms with Crippen LogP contribution in [0.1, 0.15) is 42.3 Å². The summed E-state index contributed by atoms with van der Waals surface area (Å²) in [5.74, 6) is -0.613. The highest BCUT2D eigenvalue weighted by Crippen LogP contribution is 2.29. The zero-order chi connectivity index (χ0) is 19.4. The van der Waals surface area contributed by atoms with Gasteiger partial charge in [0.25, 0.3) is 0 Å². The van der Waals surface area contributed by atoms with Gasteiger partial charge in [0.15, 0.2) is 0 Å². The minimum Gasteiger partial charge on any atom is -0.461 e. The monoisotopic (exact) mass is 440 g/mol. The van der Waals surface area contributed by atoms with Crippen LogP contribution in [-0.4, -0.2) is 35.1 Å². The number of esters is 2. The first-order chi connectivity index (χ1) is 13.0. The van der Waals surface area contributed by atoms with Crippen molar-refractivity contribution in [3.63, 3.8) is 0 Å². The van der Waals surface area contributed by atoms with E-state index in [9.17, 15) is 9.59 Å². The number of fused-ring (bicyclic) bond motifs is 2. The molecule has 0 amide bonds. The van der Waals surface area contributed by atoms with E-state index in [1.165, 1.54) is 11.3 Å². The number of carbonyl (C=O) groups excluding carboxylic acids is 2. The lowest BCUT2D eigenvalue weighted by Crippen LogP contribution is -2.04.